The molecule has 1 heterocycles. The maximum atomic E-state index is 12.8. The van der Waals surface area contributed by atoms with E-state index < -0.39 is 15.7 Å². The summed E-state index contributed by atoms with van der Waals surface area (Å²) in [6.07, 6.45) is 1.56. The molecule has 0 saturated heterocycles. The number of ether oxygens (including phenoxy) is 1. The molecule has 2 amide bonds. The van der Waals surface area contributed by atoms with Crippen LogP contribution in [0, 0.1) is 0 Å². The summed E-state index contributed by atoms with van der Waals surface area (Å²) in [7, 11) is -2.48. The van der Waals surface area contributed by atoms with E-state index in [0.717, 1.165) is 5.56 Å². The number of carbonyl (C=O) groups is 1. The summed E-state index contributed by atoms with van der Waals surface area (Å²) in [5.74, 6) is 1.38. The lowest BCUT2D eigenvalue weighted by Gasteiger charge is -2.28. The monoisotopic (exact) mass is 472 g/mol. The van der Waals surface area contributed by atoms with Gasteiger partial charge < -0.3 is 23.6 Å². The summed E-state index contributed by atoms with van der Waals surface area (Å²) in [5.41, 5.74) is 0.409. The Kier molecular flexibility index (Phi) is 7.33. The van der Waals surface area contributed by atoms with Gasteiger partial charge in [0.15, 0.2) is 0 Å². The molecule has 1 aromatic heterocycles. The molecular formula is C24H28N2O6S. The zero-order valence-corrected chi connectivity index (χ0v) is 19.9. The van der Waals surface area contributed by atoms with E-state index in [2.05, 4.69) is 5.32 Å². The third kappa shape index (κ3) is 7.01. The van der Waals surface area contributed by atoms with Crippen LogP contribution in [0.4, 0.5) is 4.79 Å². The molecule has 1 N–H and O–H groups in total. The molecule has 9 heteroatoms. The minimum absolute atomic E-state index is 0.0239. The number of nitrogens with zero attached hydrogens (tertiary/aromatic N) is 1. The molecule has 0 saturated carbocycles. The summed E-state index contributed by atoms with van der Waals surface area (Å²) in [4.78, 5) is 14.4. The second-order valence-corrected chi connectivity index (χ2v) is 10.0. The van der Waals surface area contributed by atoms with Gasteiger partial charge >= 0.3 is 16.1 Å². The third-order valence-electron chi connectivity index (χ3n) is 4.55. The van der Waals surface area contributed by atoms with Gasteiger partial charge in [0.25, 0.3) is 0 Å². The fraction of sp³-hybridized carbons (Fsp3) is 0.292. The highest BCUT2D eigenvalue weighted by molar-refractivity contribution is 7.87. The molecule has 0 fully saturated rings. The van der Waals surface area contributed by atoms with E-state index >= 15 is 0 Å². The Bertz CT molecular complexity index is 1150. The van der Waals surface area contributed by atoms with E-state index in [0.29, 0.717) is 24.6 Å². The quantitative estimate of drug-likeness (QED) is 0.483. The van der Waals surface area contributed by atoms with E-state index in [4.69, 9.17) is 13.3 Å². The van der Waals surface area contributed by atoms with Crippen LogP contribution >= 0.6 is 0 Å². The SMILES string of the molecule is COc1ccc(S(=O)(=O)Oc2ccc(CN(Cc3ccco3)C(=O)NC(C)(C)C)cc2)cc1. The van der Waals surface area contributed by atoms with Crippen molar-refractivity contribution in [3.05, 3.63) is 78.3 Å². The summed E-state index contributed by atoms with van der Waals surface area (Å²) >= 11 is 0. The third-order valence-corrected chi connectivity index (χ3v) is 5.81. The highest BCUT2D eigenvalue weighted by atomic mass is 32.2. The second-order valence-electron chi connectivity index (χ2n) is 8.47. The van der Waals surface area contributed by atoms with Crippen molar-refractivity contribution >= 4 is 16.1 Å². The van der Waals surface area contributed by atoms with Crippen molar-refractivity contribution < 1.29 is 26.5 Å². The number of hydrogen-bond donors (Lipinski definition) is 1. The standard InChI is InChI=1S/C24H28N2O6S/c1-24(2,3)25-23(27)26(17-21-6-5-15-31-21)16-18-7-9-20(10-8-18)32-33(28,29)22-13-11-19(30-4)12-14-22/h5-15H,16-17H2,1-4H3,(H,25,27). The van der Waals surface area contributed by atoms with Crippen molar-refractivity contribution in [1.29, 1.82) is 0 Å². The maximum absolute atomic E-state index is 12.8. The molecule has 0 spiro atoms. The lowest BCUT2D eigenvalue weighted by Crippen LogP contribution is -2.47. The van der Waals surface area contributed by atoms with Crippen LogP contribution in [0.3, 0.4) is 0 Å². The van der Waals surface area contributed by atoms with Gasteiger partial charge in [-0.2, -0.15) is 8.42 Å². The Morgan fingerprint density at radius 1 is 0.970 bits per heavy atom. The number of nitrogens with one attached hydrogen (secondary N) is 1. The van der Waals surface area contributed by atoms with Crippen LogP contribution in [0.15, 0.2) is 76.2 Å². The molecule has 2 aromatic carbocycles. The van der Waals surface area contributed by atoms with E-state index in [1.54, 1.807) is 59.7 Å². The number of rotatable bonds is 8. The van der Waals surface area contributed by atoms with Gasteiger partial charge in [0.1, 0.15) is 22.2 Å². The van der Waals surface area contributed by atoms with Crippen molar-refractivity contribution in [1.82, 2.24) is 10.2 Å². The van der Waals surface area contributed by atoms with E-state index in [1.165, 1.54) is 19.2 Å². The molecule has 33 heavy (non-hydrogen) atoms. The number of amides is 2. The summed E-state index contributed by atoms with van der Waals surface area (Å²) in [6.45, 7) is 6.31. The molecule has 8 nitrogen and oxygen atoms in total. The highest BCUT2D eigenvalue weighted by Gasteiger charge is 2.21. The first kappa shape index (κ1) is 24.2. The summed E-state index contributed by atoms with van der Waals surface area (Å²) < 4.78 is 40.7. The lowest BCUT2D eigenvalue weighted by atomic mass is 10.1. The molecule has 3 aromatic rings. The minimum atomic E-state index is -3.98. The van der Waals surface area contributed by atoms with Gasteiger partial charge in [-0.15, -0.1) is 0 Å². The molecule has 176 valence electrons. The van der Waals surface area contributed by atoms with Gasteiger partial charge in [-0.05, 0) is 74.9 Å². The predicted octanol–water partition coefficient (Wildman–Crippen LogP) is 4.57. The second kappa shape index (κ2) is 9.99. The average molecular weight is 473 g/mol. The van der Waals surface area contributed by atoms with E-state index in [9.17, 15) is 13.2 Å². The number of urea groups is 1. The molecule has 0 radical (unpaired) electrons. The normalized spacial score (nSPS) is 11.6. The van der Waals surface area contributed by atoms with Crippen LogP contribution in [0.2, 0.25) is 0 Å². The largest absolute Gasteiger partial charge is 0.497 e. The van der Waals surface area contributed by atoms with Crippen LogP contribution in [-0.4, -0.2) is 32.0 Å². The first-order valence-corrected chi connectivity index (χ1v) is 11.7. The molecule has 0 bridgehead atoms. The Morgan fingerprint density at radius 3 is 2.15 bits per heavy atom. The van der Waals surface area contributed by atoms with Crippen molar-refractivity contribution in [2.75, 3.05) is 7.11 Å². The molecule has 3 rings (SSSR count). The molecule has 0 aliphatic rings. The number of benzene rings is 2. The molecule has 0 unspecified atom stereocenters. The first-order chi connectivity index (χ1) is 15.6. The Hall–Kier alpha value is -3.46. The van der Waals surface area contributed by atoms with Crippen molar-refractivity contribution in [3.63, 3.8) is 0 Å². The summed E-state index contributed by atoms with van der Waals surface area (Å²) in [5, 5.41) is 2.95. The summed E-state index contributed by atoms with van der Waals surface area (Å²) in [6, 6.07) is 15.8. The van der Waals surface area contributed by atoms with Crippen molar-refractivity contribution in [2.45, 2.75) is 44.3 Å². The van der Waals surface area contributed by atoms with E-state index in [-0.39, 0.29) is 16.7 Å². The van der Waals surface area contributed by atoms with Crippen molar-refractivity contribution in [3.8, 4) is 11.5 Å². The zero-order valence-electron chi connectivity index (χ0n) is 19.1. The Balaban J connectivity index is 1.71. The number of methoxy groups -OCH3 is 1. The maximum Gasteiger partial charge on any atom is 0.339 e. The van der Waals surface area contributed by atoms with Crippen LogP contribution in [0.25, 0.3) is 0 Å². The van der Waals surface area contributed by atoms with Gasteiger partial charge in [0, 0.05) is 12.1 Å². The molecule has 0 aliphatic carbocycles. The van der Waals surface area contributed by atoms with Crippen LogP contribution < -0.4 is 14.2 Å². The molecule has 0 aliphatic heterocycles. The highest BCUT2D eigenvalue weighted by Crippen LogP contribution is 2.22. The number of furan rings is 1. The van der Waals surface area contributed by atoms with Crippen LogP contribution in [0.5, 0.6) is 11.5 Å². The fourth-order valence-electron chi connectivity index (χ4n) is 2.98. The van der Waals surface area contributed by atoms with Crippen LogP contribution in [0.1, 0.15) is 32.1 Å². The van der Waals surface area contributed by atoms with Gasteiger partial charge in [0.05, 0.1) is 19.9 Å². The predicted molar refractivity (Wildman–Crippen MR) is 123 cm³/mol. The smallest absolute Gasteiger partial charge is 0.339 e. The zero-order chi connectivity index (χ0) is 24.1. The van der Waals surface area contributed by atoms with Gasteiger partial charge in [0.2, 0.25) is 0 Å². The van der Waals surface area contributed by atoms with E-state index in [1.807, 2.05) is 20.8 Å². The molecular weight excluding hydrogens is 444 g/mol. The number of carbonyl (C=O) groups excluding carboxylic acids is 1. The fourth-order valence-corrected chi connectivity index (χ4v) is 3.91. The topological polar surface area (TPSA) is 98.1 Å². The lowest BCUT2D eigenvalue weighted by molar-refractivity contribution is 0.178. The van der Waals surface area contributed by atoms with Crippen molar-refractivity contribution in [2.24, 2.45) is 0 Å². The number of hydrogen-bond acceptors (Lipinski definition) is 6. The van der Waals surface area contributed by atoms with Gasteiger partial charge in [-0.25, -0.2) is 4.79 Å². The van der Waals surface area contributed by atoms with Gasteiger partial charge in [-0.3, -0.25) is 0 Å². The minimum Gasteiger partial charge on any atom is -0.497 e. The van der Waals surface area contributed by atoms with Crippen LogP contribution in [-0.2, 0) is 23.2 Å². The first-order valence-electron chi connectivity index (χ1n) is 10.3. The molecule has 0 atom stereocenters. The Morgan fingerprint density at radius 2 is 1.61 bits per heavy atom. The Labute approximate surface area is 194 Å². The van der Waals surface area contributed by atoms with Gasteiger partial charge in [-0.1, -0.05) is 12.1 Å². The average Bonchev–Trinajstić information content (AvgIpc) is 3.26.